The van der Waals surface area contributed by atoms with Crippen LogP contribution in [0.4, 0.5) is 0 Å². The monoisotopic (exact) mass is 180 g/mol. The minimum Gasteiger partial charge on any atom is -0.152 e. The number of rotatable bonds is 1. The summed E-state index contributed by atoms with van der Waals surface area (Å²) in [6, 6.07) is 2.30. The Morgan fingerprint density at radius 1 is 1.42 bits per heavy atom. The van der Waals surface area contributed by atoms with Crippen LogP contribution in [0, 0.1) is 5.92 Å². The Bertz CT molecular complexity index is 225. The first-order valence-corrected chi connectivity index (χ1v) is 5.82. The van der Waals surface area contributed by atoms with Gasteiger partial charge in [-0.05, 0) is 47.1 Å². The van der Waals surface area contributed by atoms with Crippen LogP contribution in [-0.2, 0) is 0 Å². The van der Waals surface area contributed by atoms with Crippen molar-refractivity contribution in [2.24, 2.45) is 5.92 Å². The first-order chi connectivity index (χ1) is 5.86. The molecule has 0 amide bonds. The van der Waals surface area contributed by atoms with E-state index in [-0.39, 0.29) is 0 Å². The molecule has 0 saturated heterocycles. The predicted octanol–water partition coefficient (Wildman–Crippen LogP) is 4.04. The fraction of sp³-hybridized carbons (Fsp3) is 0.636. The zero-order chi connectivity index (χ0) is 8.39. The second-order valence-corrected chi connectivity index (χ2v) is 4.81. The van der Waals surface area contributed by atoms with E-state index in [1.54, 1.807) is 5.56 Å². The maximum Gasteiger partial charge on any atom is -0.00584 e. The summed E-state index contributed by atoms with van der Waals surface area (Å²) in [5.41, 5.74) is 1.59. The number of thiophene rings is 1. The average molecular weight is 180 g/mol. The van der Waals surface area contributed by atoms with Crippen molar-refractivity contribution in [2.45, 2.75) is 38.5 Å². The molecular formula is C11H16S. The van der Waals surface area contributed by atoms with Crippen molar-refractivity contribution < 1.29 is 0 Å². The van der Waals surface area contributed by atoms with Gasteiger partial charge in [0.05, 0.1) is 0 Å². The zero-order valence-electron chi connectivity index (χ0n) is 7.62. The third-order valence-corrected chi connectivity index (χ3v) is 3.65. The molecule has 1 aliphatic rings. The smallest absolute Gasteiger partial charge is 0.00584 e. The van der Waals surface area contributed by atoms with E-state index in [0.29, 0.717) is 0 Å². The summed E-state index contributed by atoms with van der Waals surface area (Å²) in [5.74, 6) is 1.82. The van der Waals surface area contributed by atoms with Gasteiger partial charge in [0.25, 0.3) is 0 Å². The summed E-state index contributed by atoms with van der Waals surface area (Å²) in [6.45, 7) is 2.39. The molecule has 1 heteroatoms. The van der Waals surface area contributed by atoms with Gasteiger partial charge >= 0.3 is 0 Å². The molecule has 12 heavy (non-hydrogen) atoms. The van der Waals surface area contributed by atoms with Crippen molar-refractivity contribution in [3.63, 3.8) is 0 Å². The molecule has 2 atom stereocenters. The second kappa shape index (κ2) is 3.61. The molecule has 2 rings (SSSR count). The lowest BCUT2D eigenvalue weighted by Gasteiger charge is -2.26. The Morgan fingerprint density at radius 3 is 3.00 bits per heavy atom. The van der Waals surface area contributed by atoms with E-state index in [1.807, 2.05) is 11.3 Å². The molecule has 1 aliphatic carbocycles. The van der Waals surface area contributed by atoms with E-state index in [9.17, 15) is 0 Å². The standard InChI is InChI=1S/C11H16S/c1-9-3-2-4-10(7-9)11-5-6-12-8-11/h5-6,8-10H,2-4,7H2,1H3. The van der Waals surface area contributed by atoms with Gasteiger partial charge in [-0.25, -0.2) is 0 Å². The van der Waals surface area contributed by atoms with E-state index in [0.717, 1.165) is 11.8 Å². The SMILES string of the molecule is CC1CCCC(c2ccsc2)C1. The van der Waals surface area contributed by atoms with Crippen LogP contribution in [-0.4, -0.2) is 0 Å². The van der Waals surface area contributed by atoms with E-state index in [4.69, 9.17) is 0 Å². The van der Waals surface area contributed by atoms with E-state index < -0.39 is 0 Å². The second-order valence-electron chi connectivity index (χ2n) is 4.03. The fourth-order valence-corrected chi connectivity index (χ4v) is 2.99. The highest BCUT2D eigenvalue weighted by Gasteiger charge is 2.20. The third-order valence-electron chi connectivity index (χ3n) is 2.95. The maximum atomic E-state index is 2.39. The first-order valence-electron chi connectivity index (χ1n) is 4.88. The van der Waals surface area contributed by atoms with Crippen LogP contribution in [0.25, 0.3) is 0 Å². The Hall–Kier alpha value is -0.300. The lowest BCUT2D eigenvalue weighted by Crippen LogP contribution is -2.10. The van der Waals surface area contributed by atoms with E-state index in [1.165, 1.54) is 25.7 Å². The molecular weight excluding hydrogens is 164 g/mol. The molecule has 1 aromatic rings. The topological polar surface area (TPSA) is 0 Å². The van der Waals surface area contributed by atoms with Gasteiger partial charge in [0.2, 0.25) is 0 Å². The van der Waals surface area contributed by atoms with E-state index >= 15 is 0 Å². The van der Waals surface area contributed by atoms with Crippen LogP contribution < -0.4 is 0 Å². The van der Waals surface area contributed by atoms with Crippen LogP contribution in [0.3, 0.4) is 0 Å². The highest BCUT2D eigenvalue weighted by molar-refractivity contribution is 7.07. The van der Waals surface area contributed by atoms with Gasteiger partial charge in [0.15, 0.2) is 0 Å². The maximum absolute atomic E-state index is 2.39. The lowest BCUT2D eigenvalue weighted by molar-refractivity contribution is 0.344. The summed E-state index contributed by atoms with van der Waals surface area (Å²) in [4.78, 5) is 0. The molecule has 0 radical (unpaired) electrons. The summed E-state index contributed by atoms with van der Waals surface area (Å²) in [5, 5.41) is 4.53. The minimum absolute atomic E-state index is 0.875. The van der Waals surface area contributed by atoms with Crippen molar-refractivity contribution in [3.05, 3.63) is 22.4 Å². The predicted molar refractivity (Wildman–Crippen MR) is 54.7 cm³/mol. The normalized spacial score (nSPS) is 30.4. The molecule has 1 heterocycles. The van der Waals surface area contributed by atoms with Gasteiger partial charge in [-0.15, -0.1) is 0 Å². The minimum atomic E-state index is 0.875. The average Bonchev–Trinajstić information content (AvgIpc) is 2.56. The molecule has 2 unspecified atom stereocenters. The zero-order valence-corrected chi connectivity index (χ0v) is 8.44. The van der Waals surface area contributed by atoms with Crippen LogP contribution >= 0.6 is 11.3 Å². The Balaban J connectivity index is 2.04. The number of hydrogen-bond donors (Lipinski definition) is 0. The van der Waals surface area contributed by atoms with Gasteiger partial charge < -0.3 is 0 Å². The molecule has 0 N–H and O–H groups in total. The molecule has 0 aromatic carbocycles. The molecule has 1 saturated carbocycles. The van der Waals surface area contributed by atoms with Crippen molar-refractivity contribution in [2.75, 3.05) is 0 Å². The van der Waals surface area contributed by atoms with Crippen molar-refractivity contribution in [1.82, 2.24) is 0 Å². The molecule has 0 spiro atoms. The van der Waals surface area contributed by atoms with Crippen LogP contribution in [0.2, 0.25) is 0 Å². The molecule has 0 bridgehead atoms. The molecule has 0 aliphatic heterocycles. The highest BCUT2D eigenvalue weighted by Crippen LogP contribution is 2.36. The first kappa shape index (κ1) is 8.31. The Morgan fingerprint density at radius 2 is 2.33 bits per heavy atom. The lowest BCUT2D eigenvalue weighted by atomic mass is 9.80. The van der Waals surface area contributed by atoms with Crippen molar-refractivity contribution in [1.29, 1.82) is 0 Å². The summed E-state index contributed by atoms with van der Waals surface area (Å²) in [6.07, 6.45) is 5.71. The van der Waals surface area contributed by atoms with Gasteiger partial charge in [0, 0.05) is 0 Å². The summed E-state index contributed by atoms with van der Waals surface area (Å²) in [7, 11) is 0. The van der Waals surface area contributed by atoms with Gasteiger partial charge in [-0.1, -0.05) is 19.8 Å². The van der Waals surface area contributed by atoms with Gasteiger partial charge in [-0.2, -0.15) is 11.3 Å². The number of hydrogen-bond acceptors (Lipinski definition) is 1. The van der Waals surface area contributed by atoms with Crippen LogP contribution in [0.1, 0.15) is 44.1 Å². The fourth-order valence-electron chi connectivity index (χ4n) is 2.24. The summed E-state index contributed by atoms with van der Waals surface area (Å²) >= 11 is 1.83. The van der Waals surface area contributed by atoms with Gasteiger partial charge in [0.1, 0.15) is 0 Å². The van der Waals surface area contributed by atoms with Crippen molar-refractivity contribution in [3.8, 4) is 0 Å². The third kappa shape index (κ3) is 1.71. The highest BCUT2D eigenvalue weighted by atomic mass is 32.1. The Kier molecular flexibility index (Phi) is 2.50. The van der Waals surface area contributed by atoms with Crippen molar-refractivity contribution >= 4 is 11.3 Å². The van der Waals surface area contributed by atoms with Gasteiger partial charge in [-0.3, -0.25) is 0 Å². The van der Waals surface area contributed by atoms with Crippen LogP contribution in [0.5, 0.6) is 0 Å². The molecule has 1 fully saturated rings. The summed E-state index contributed by atoms with van der Waals surface area (Å²) < 4.78 is 0. The molecule has 66 valence electrons. The van der Waals surface area contributed by atoms with Crippen LogP contribution in [0.15, 0.2) is 16.8 Å². The Labute approximate surface area is 78.6 Å². The molecule has 1 aromatic heterocycles. The quantitative estimate of drug-likeness (QED) is 0.612. The van der Waals surface area contributed by atoms with E-state index in [2.05, 4.69) is 23.8 Å². The molecule has 0 nitrogen and oxygen atoms in total. The largest absolute Gasteiger partial charge is 0.152 e.